The maximum atomic E-state index is 12.8. The van der Waals surface area contributed by atoms with Gasteiger partial charge in [-0.1, -0.05) is 240 Å². The number of ether oxygens (including phenoxy) is 3. The fourth-order valence-corrected chi connectivity index (χ4v) is 7.60. The van der Waals surface area contributed by atoms with E-state index in [1.54, 1.807) is 0 Å². The van der Waals surface area contributed by atoms with Crippen LogP contribution in [-0.4, -0.2) is 37.2 Å². The van der Waals surface area contributed by atoms with Gasteiger partial charge in [0.25, 0.3) is 0 Å². The van der Waals surface area contributed by atoms with Crippen molar-refractivity contribution in [3.8, 4) is 0 Å². The van der Waals surface area contributed by atoms with Crippen LogP contribution in [0.1, 0.15) is 279 Å². The van der Waals surface area contributed by atoms with Gasteiger partial charge >= 0.3 is 17.9 Å². The molecule has 0 aliphatic carbocycles. The zero-order chi connectivity index (χ0) is 41.9. The van der Waals surface area contributed by atoms with Gasteiger partial charge in [0, 0.05) is 19.3 Å². The molecule has 6 heteroatoms. The van der Waals surface area contributed by atoms with Crippen molar-refractivity contribution in [3.63, 3.8) is 0 Å². The zero-order valence-electron chi connectivity index (χ0n) is 39.0. The molecule has 0 saturated heterocycles. The third-order valence-corrected chi connectivity index (χ3v) is 11.8. The molecule has 0 aliphatic rings. The van der Waals surface area contributed by atoms with Crippen LogP contribution in [0, 0.1) is 11.8 Å². The molecule has 2 atom stereocenters. The predicted octanol–water partition coefficient (Wildman–Crippen LogP) is 16.1. The van der Waals surface area contributed by atoms with Crippen molar-refractivity contribution >= 4 is 17.9 Å². The summed E-state index contributed by atoms with van der Waals surface area (Å²) in [7, 11) is 0. The number of hydrogen-bond donors (Lipinski definition) is 0. The van der Waals surface area contributed by atoms with Crippen molar-refractivity contribution in [3.05, 3.63) is 0 Å². The van der Waals surface area contributed by atoms with Crippen LogP contribution in [0.25, 0.3) is 0 Å². The molecule has 0 fully saturated rings. The van der Waals surface area contributed by atoms with Gasteiger partial charge in [-0.15, -0.1) is 0 Å². The predicted molar refractivity (Wildman–Crippen MR) is 243 cm³/mol. The molecule has 1 unspecified atom stereocenters. The molecule has 0 spiro atoms. The summed E-state index contributed by atoms with van der Waals surface area (Å²) in [6, 6.07) is 0. The Morgan fingerprint density at radius 1 is 0.368 bits per heavy atom. The number of unbranched alkanes of at least 4 members (excludes halogenated alkanes) is 29. The Balaban J connectivity index is 4.29. The van der Waals surface area contributed by atoms with Crippen LogP contribution >= 0.6 is 0 Å². The van der Waals surface area contributed by atoms with E-state index in [1.807, 2.05) is 0 Å². The molecule has 0 aromatic rings. The third kappa shape index (κ3) is 43.8. The molecular formula is C51H98O6. The minimum atomic E-state index is -0.761. The van der Waals surface area contributed by atoms with Crippen molar-refractivity contribution in [1.29, 1.82) is 0 Å². The van der Waals surface area contributed by atoms with E-state index in [9.17, 15) is 14.4 Å². The average Bonchev–Trinajstić information content (AvgIpc) is 3.19. The Bertz CT molecular complexity index is 872. The van der Waals surface area contributed by atoms with Gasteiger partial charge in [-0.05, 0) is 31.1 Å². The van der Waals surface area contributed by atoms with Gasteiger partial charge < -0.3 is 14.2 Å². The van der Waals surface area contributed by atoms with Crippen LogP contribution in [-0.2, 0) is 28.6 Å². The summed E-state index contributed by atoms with van der Waals surface area (Å²) in [4.78, 5) is 37.8. The lowest BCUT2D eigenvalue weighted by Gasteiger charge is -2.18. The third-order valence-electron chi connectivity index (χ3n) is 11.8. The van der Waals surface area contributed by atoms with E-state index >= 15 is 0 Å². The van der Waals surface area contributed by atoms with E-state index in [-0.39, 0.29) is 31.1 Å². The van der Waals surface area contributed by atoms with Crippen LogP contribution in [0.2, 0.25) is 0 Å². The average molecular weight is 807 g/mol. The number of hydrogen-bond acceptors (Lipinski definition) is 6. The SMILES string of the molecule is CCCCCCCCCCCCC(=O)OC[C@H](COC(=O)CCCCCCCCCCC(C)CC)OC(=O)CCCCCCCCCCCCCCCCC(C)C. The maximum absolute atomic E-state index is 12.8. The van der Waals surface area contributed by atoms with E-state index < -0.39 is 6.10 Å². The summed E-state index contributed by atoms with van der Waals surface area (Å²) in [5, 5.41) is 0. The Hall–Kier alpha value is -1.59. The standard InChI is InChI=1S/C51H98O6/c1-6-8-9-10-11-12-20-26-31-36-41-49(52)55-44-48(45-56-50(53)42-37-32-27-23-22-25-30-35-40-47(5)7-2)57-51(54)43-38-33-28-21-18-16-14-13-15-17-19-24-29-34-39-46(3)4/h46-48H,6-45H2,1-5H3/t47?,48-/m1/s1. The lowest BCUT2D eigenvalue weighted by Crippen LogP contribution is -2.30. The van der Waals surface area contributed by atoms with Gasteiger partial charge in [-0.2, -0.15) is 0 Å². The molecule has 0 aromatic heterocycles. The molecule has 0 rings (SSSR count). The van der Waals surface area contributed by atoms with Gasteiger partial charge in [0.1, 0.15) is 13.2 Å². The highest BCUT2D eigenvalue weighted by atomic mass is 16.6. The van der Waals surface area contributed by atoms with E-state index in [0.29, 0.717) is 19.3 Å². The van der Waals surface area contributed by atoms with Crippen molar-refractivity contribution < 1.29 is 28.6 Å². The largest absolute Gasteiger partial charge is 0.462 e. The summed E-state index contributed by atoms with van der Waals surface area (Å²) in [5.41, 5.74) is 0. The number of carbonyl (C=O) groups excluding carboxylic acids is 3. The van der Waals surface area contributed by atoms with Gasteiger partial charge in [-0.25, -0.2) is 0 Å². The van der Waals surface area contributed by atoms with E-state index in [2.05, 4.69) is 34.6 Å². The van der Waals surface area contributed by atoms with Gasteiger partial charge in [-0.3, -0.25) is 14.4 Å². The first-order valence-corrected chi connectivity index (χ1v) is 25.3. The van der Waals surface area contributed by atoms with E-state index in [4.69, 9.17) is 14.2 Å². The van der Waals surface area contributed by atoms with Crippen molar-refractivity contribution in [2.45, 2.75) is 285 Å². The summed E-state index contributed by atoms with van der Waals surface area (Å²) >= 11 is 0. The number of esters is 3. The molecule has 0 radical (unpaired) electrons. The van der Waals surface area contributed by atoms with Crippen molar-refractivity contribution in [1.82, 2.24) is 0 Å². The zero-order valence-corrected chi connectivity index (χ0v) is 39.0. The molecule has 0 aromatic carbocycles. The Morgan fingerprint density at radius 3 is 1.00 bits per heavy atom. The Labute approximate surface area is 355 Å². The summed E-state index contributed by atoms with van der Waals surface area (Å²) in [6.07, 6.45) is 43.7. The molecule has 0 N–H and O–H groups in total. The second kappa shape index (κ2) is 44.0. The second-order valence-electron chi connectivity index (χ2n) is 18.2. The first kappa shape index (κ1) is 55.4. The summed E-state index contributed by atoms with van der Waals surface area (Å²) in [5.74, 6) is 0.839. The smallest absolute Gasteiger partial charge is 0.306 e. The topological polar surface area (TPSA) is 78.9 Å². The Kier molecular flexibility index (Phi) is 42.7. The molecule has 6 nitrogen and oxygen atoms in total. The molecule has 0 amide bonds. The van der Waals surface area contributed by atoms with E-state index in [0.717, 1.165) is 69.6 Å². The molecule has 0 bridgehead atoms. The highest BCUT2D eigenvalue weighted by molar-refractivity contribution is 5.71. The van der Waals surface area contributed by atoms with Gasteiger partial charge in [0.15, 0.2) is 6.10 Å². The minimum Gasteiger partial charge on any atom is -0.462 e. The van der Waals surface area contributed by atoms with Crippen molar-refractivity contribution in [2.75, 3.05) is 13.2 Å². The summed E-state index contributed by atoms with van der Waals surface area (Å²) < 4.78 is 16.8. The van der Waals surface area contributed by atoms with Crippen LogP contribution in [0.4, 0.5) is 0 Å². The normalized spacial score (nSPS) is 12.5. The highest BCUT2D eigenvalue weighted by Gasteiger charge is 2.19. The fraction of sp³-hybridized carbons (Fsp3) is 0.941. The monoisotopic (exact) mass is 807 g/mol. The lowest BCUT2D eigenvalue weighted by atomic mass is 9.99. The maximum Gasteiger partial charge on any atom is 0.306 e. The van der Waals surface area contributed by atoms with Crippen LogP contribution < -0.4 is 0 Å². The van der Waals surface area contributed by atoms with Gasteiger partial charge in [0.05, 0.1) is 0 Å². The lowest BCUT2D eigenvalue weighted by molar-refractivity contribution is -0.167. The Morgan fingerprint density at radius 2 is 0.667 bits per heavy atom. The quantitative estimate of drug-likeness (QED) is 0.0346. The van der Waals surface area contributed by atoms with E-state index in [1.165, 1.54) is 167 Å². The number of carbonyl (C=O) groups is 3. The first-order valence-electron chi connectivity index (χ1n) is 25.3. The highest BCUT2D eigenvalue weighted by Crippen LogP contribution is 2.18. The molecular weight excluding hydrogens is 709 g/mol. The molecule has 0 saturated carbocycles. The number of rotatable bonds is 45. The first-order chi connectivity index (χ1) is 27.8. The van der Waals surface area contributed by atoms with Crippen LogP contribution in [0.5, 0.6) is 0 Å². The minimum absolute atomic E-state index is 0.0642. The summed E-state index contributed by atoms with van der Waals surface area (Å²) in [6.45, 7) is 11.4. The van der Waals surface area contributed by atoms with Gasteiger partial charge in [0.2, 0.25) is 0 Å². The molecule has 0 heterocycles. The molecule has 57 heavy (non-hydrogen) atoms. The van der Waals surface area contributed by atoms with Crippen molar-refractivity contribution in [2.24, 2.45) is 11.8 Å². The second-order valence-corrected chi connectivity index (χ2v) is 18.2. The molecule has 338 valence electrons. The fourth-order valence-electron chi connectivity index (χ4n) is 7.60. The van der Waals surface area contributed by atoms with Crippen LogP contribution in [0.15, 0.2) is 0 Å². The van der Waals surface area contributed by atoms with Crippen LogP contribution in [0.3, 0.4) is 0 Å². The molecule has 0 aliphatic heterocycles.